The van der Waals surface area contributed by atoms with Gasteiger partial charge in [0.15, 0.2) is 0 Å². The Labute approximate surface area is 208 Å². The van der Waals surface area contributed by atoms with E-state index in [-0.39, 0.29) is 5.41 Å². The van der Waals surface area contributed by atoms with Crippen LogP contribution in [0, 0.1) is 0 Å². The molecule has 0 fully saturated rings. The lowest BCUT2D eigenvalue weighted by atomic mass is 9.74. The Hall–Kier alpha value is -4.50. The quantitative estimate of drug-likeness (QED) is 0.223. The molecular formula is C33H25N3. The van der Waals surface area contributed by atoms with E-state index >= 15 is 0 Å². The number of nitrogens with one attached hydrogen (secondary N) is 3. The minimum absolute atomic E-state index is 0.0399. The topological polar surface area (TPSA) is 43.6 Å². The van der Waals surface area contributed by atoms with Crippen molar-refractivity contribution in [2.24, 2.45) is 0 Å². The normalized spacial score (nSPS) is 14.3. The molecule has 0 amide bonds. The van der Waals surface area contributed by atoms with E-state index in [9.17, 15) is 0 Å². The number of aromatic nitrogens is 2. The second-order valence-corrected chi connectivity index (χ2v) is 10.5. The maximum absolute atomic E-state index is 3.73. The van der Waals surface area contributed by atoms with Crippen LogP contribution >= 0.6 is 0 Å². The molecule has 0 saturated carbocycles. The van der Waals surface area contributed by atoms with Gasteiger partial charge in [0.25, 0.3) is 0 Å². The summed E-state index contributed by atoms with van der Waals surface area (Å²) in [6.45, 7) is 4.62. The Balaban J connectivity index is 1.28. The maximum atomic E-state index is 3.73. The predicted molar refractivity (Wildman–Crippen MR) is 152 cm³/mol. The zero-order valence-electron chi connectivity index (χ0n) is 20.2. The first-order valence-corrected chi connectivity index (χ1v) is 12.5. The average molecular weight is 464 g/mol. The van der Waals surface area contributed by atoms with Gasteiger partial charge in [0.1, 0.15) is 0 Å². The molecule has 3 heterocycles. The molecule has 0 saturated heterocycles. The minimum atomic E-state index is -0.0399. The average Bonchev–Trinajstić information content (AvgIpc) is 3.46. The van der Waals surface area contributed by atoms with Gasteiger partial charge in [0.05, 0.1) is 11.0 Å². The van der Waals surface area contributed by atoms with Gasteiger partial charge in [-0.25, -0.2) is 0 Å². The molecular weight excluding hydrogens is 438 g/mol. The molecule has 0 radical (unpaired) electrons. The molecule has 0 aliphatic carbocycles. The second kappa shape index (κ2) is 6.79. The number of fused-ring (bicyclic) bond motifs is 9. The molecule has 2 aromatic heterocycles. The number of aromatic amines is 2. The lowest BCUT2D eigenvalue weighted by Crippen LogP contribution is -2.25. The van der Waals surface area contributed by atoms with E-state index in [0.29, 0.717) is 0 Å². The van der Waals surface area contributed by atoms with Crippen LogP contribution in [0.2, 0.25) is 0 Å². The summed E-state index contributed by atoms with van der Waals surface area (Å²) in [4.78, 5) is 7.37. The number of hydrogen-bond acceptors (Lipinski definition) is 1. The third kappa shape index (κ3) is 2.57. The molecule has 0 atom stereocenters. The molecule has 172 valence electrons. The van der Waals surface area contributed by atoms with E-state index in [4.69, 9.17) is 0 Å². The number of hydrogen-bond donors (Lipinski definition) is 3. The van der Waals surface area contributed by atoms with Gasteiger partial charge < -0.3 is 15.3 Å². The largest absolute Gasteiger partial charge is 0.355 e. The van der Waals surface area contributed by atoms with Crippen molar-refractivity contribution in [3.63, 3.8) is 0 Å². The smallest absolute Gasteiger partial charge is 0.0710 e. The lowest BCUT2D eigenvalue weighted by molar-refractivity contribution is 0.638. The van der Waals surface area contributed by atoms with Crippen molar-refractivity contribution in [2.45, 2.75) is 19.3 Å². The zero-order valence-corrected chi connectivity index (χ0v) is 20.2. The van der Waals surface area contributed by atoms with Gasteiger partial charge in [-0.1, -0.05) is 86.6 Å². The molecule has 0 spiro atoms. The second-order valence-electron chi connectivity index (χ2n) is 10.5. The molecule has 1 aliphatic heterocycles. The van der Waals surface area contributed by atoms with Crippen molar-refractivity contribution in [1.29, 1.82) is 0 Å². The number of benzene rings is 5. The monoisotopic (exact) mass is 463 g/mol. The first kappa shape index (κ1) is 19.8. The van der Waals surface area contributed by atoms with E-state index in [1.54, 1.807) is 0 Å². The summed E-state index contributed by atoms with van der Waals surface area (Å²) >= 11 is 0. The SMILES string of the molecule is CC1(C)c2ccccc2Nc2cc(-c3ccc4c(c3)[nH]c3c4ccc4c5ccccc5[nH]c43)ccc21. The maximum Gasteiger partial charge on any atom is 0.0710 e. The molecule has 3 heteroatoms. The fraction of sp³-hybridized carbons (Fsp3) is 0.0909. The molecule has 36 heavy (non-hydrogen) atoms. The first-order valence-electron chi connectivity index (χ1n) is 12.5. The highest BCUT2D eigenvalue weighted by molar-refractivity contribution is 6.21. The summed E-state index contributed by atoms with van der Waals surface area (Å²) in [5.74, 6) is 0. The Morgan fingerprint density at radius 2 is 1.11 bits per heavy atom. The zero-order chi connectivity index (χ0) is 24.0. The summed E-state index contributed by atoms with van der Waals surface area (Å²) in [6.07, 6.45) is 0. The predicted octanol–water partition coefficient (Wildman–Crippen LogP) is 9.01. The summed E-state index contributed by atoms with van der Waals surface area (Å²) in [6, 6.07) is 35.3. The lowest BCUT2D eigenvalue weighted by Gasteiger charge is -2.36. The van der Waals surface area contributed by atoms with Crippen LogP contribution in [0.25, 0.3) is 54.7 Å². The molecule has 7 aromatic rings. The highest BCUT2D eigenvalue weighted by atomic mass is 14.9. The van der Waals surface area contributed by atoms with Crippen LogP contribution in [-0.2, 0) is 5.41 Å². The molecule has 0 unspecified atom stereocenters. The minimum Gasteiger partial charge on any atom is -0.355 e. The van der Waals surface area contributed by atoms with E-state index in [2.05, 4.69) is 126 Å². The standard InChI is InChI=1S/C33H25N3/c1-33(2)25-8-4-6-10-28(25)34-30-18-20(12-16-26(30)33)19-11-13-22-24-15-14-23-21-7-3-5-9-27(21)35-31(23)32(24)36-29(22)17-19/h3-18,34-36H,1-2H3. The summed E-state index contributed by atoms with van der Waals surface area (Å²) in [5, 5.41) is 8.71. The summed E-state index contributed by atoms with van der Waals surface area (Å²) < 4.78 is 0. The van der Waals surface area contributed by atoms with Crippen molar-refractivity contribution < 1.29 is 0 Å². The van der Waals surface area contributed by atoms with Crippen molar-refractivity contribution >= 4 is 55.0 Å². The fourth-order valence-corrected chi connectivity index (χ4v) is 6.27. The van der Waals surface area contributed by atoms with E-state index in [0.717, 1.165) is 5.52 Å². The van der Waals surface area contributed by atoms with Gasteiger partial charge >= 0.3 is 0 Å². The van der Waals surface area contributed by atoms with E-state index in [1.165, 1.54) is 71.7 Å². The molecule has 3 N–H and O–H groups in total. The first-order chi connectivity index (χ1) is 17.6. The van der Waals surface area contributed by atoms with Gasteiger partial charge in [-0.05, 0) is 46.5 Å². The highest BCUT2D eigenvalue weighted by Gasteiger charge is 2.32. The van der Waals surface area contributed by atoms with Crippen molar-refractivity contribution in [2.75, 3.05) is 5.32 Å². The van der Waals surface area contributed by atoms with Gasteiger partial charge in [-0.15, -0.1) is 0 Å². The Morgan fingerprint density at radius 1 is 0.500 bits per heavy atom. The number of para-hydroxylation sites is 2. The Kier molecular flexibility index (Phi) is 3.73. The molecule has 0 bridgehead atoms. The summed E-state index contributed by atoms with van der Waals surface area (Å²) in [5.41, 5.74) is 12.1. The summed E-state index contributed by atoms with van der Waals surface area (Å²) in [7, 11) is 0. The van der Waals surface area contributed by atoms with E-state index < -0.39 is 0 Å². The van der Waals surface area contributed by atoms with Crippen LogP contribution < -0.4 is 5.32 Å². The van der Waals surface area contributed by atoms with Gasteiger partial charge in [-0.2, -0.15) is 0 Å². The number of rotatable bonds is 1. The Bertz CT molecular complexity index is 2000. The molecule has 1 aliphatic rings. The van der Waals surface area contributed by atoms with Crippen LogP contribution in [0.15, 0.2) is 97.1 Å². The fourth-order valence-electron chi connectivity index (χ4n) is 6.27. The molecule has 3 nitrogen and oxygen atoms in total. The third-order valence-electron chi connectivity index (χ3n) is 8.15. The van der Waals surface area contributed by atoms with Crippen LogP contribution in [0.1, 0.15) is 25.0 Å². The van der Waals surface area contributed by atoms with Crippen LogP contribution in [0.3, 0.4) is 0 Å². The third-order valence-corrected chi connectivity index (χ3v) is 8.15. The highest BCUT2D eigenvalue weighted by Crippen LogP contribution is 2.46. The Morgan fingerprint density at radius 3 is 1.97 bits per heavy atom. The van der Waals surface area contributed by atoms with Gasteiger partial charge in [0.2, 0.25) is 0 Å². The van der Waals surface area contributed by atoms with Crippen molar-refractivity contribution in [1.82, 2.24) is 9.97 Å². The van der Waals surface area contributed by atoms with Gasteiger partial charge in [-0.3, -0.25) is 0 Å². The van der Waals surface area contributed by atoms with Crippen LogP contribution in [0.5, 0.6) is 0 Å². The molecule has 8 rings (SSSR count). The van der Waals surface area contributed by atoms with Gasteiger partial charge in [0, 0.05) is 49.4 Å². The van der Waals surface area contributed by atoms with Crippen LogP contribution in [0.4, 0.5) is 11.4 Å². The number of H-pyrrole nitrogens is 2. The van der Waals surface area contributed by atoms with E-state index in [1.807, 2.05) is 0 Å². The number of anilines is 2. The van der Waals surface area contributed by atoms with Crippen LogP contribution in [-0.4, -0.2) is 9.97 Å². The van der Waals surface area contributed by atoms with Crippen molar-refractivity contribution in [3.05, 3.63) is 108 Å². The van der Waals surface area contributed by atoms with Crippen molar-refractivity contribution in [3.8, 4) is 11.1 Å². The molecule has 5 aromatic carbocycles.